The van der Waals surface area contributed by atoms with E-state index < -0.39 is 20.0 Å². The van der Waals surface area contributed by atoms with Crippen molar-refractivity contribution in [3.63, 3.8) is 0 Å². The zero-order chi connectivity index (χ0) is 23.2. The molecule has 0 spiro atoms. The van der Waals surface area contributed by atoms with Crippen molar-refractivity contribution in [3.8, 4) is 0 Å². The topological polar surface area (TPSA) is 98.3 Å². The summed E-state index contributed by atoms with van der Waals surface area (Å²) in [6.45, 7) is 11.2. The van der Waals surface area contributed by atoms with Gasteiger partial charge in [-0.1, -0.05) is 13.8 Å². The number of carbonyl (C=O) groups is 1. The fourth-order valence-corrected chi connectivity index (χ4v) is 6.52. The van der Waals surface area contributed by atoms with Crippen LogP contribution in [0.2, 0.25) is 0 Å². The first-order valence-corrected chi connectivity index (χ1v) is 13.6. The fraction of sp³-hybridized carbons (Fsp3) is 0.650. The van der Waals surface area contributed by atoms with E-state index in [1.54, 1.807) is 18.7 Å². The lowest BCUT2D eigenvalue weighted by Crippen LogP contribution is -2.51. The van der Waals surface area contributed by atoms with Gasteiger partial charge in [-0.05, 0) is 38.1 Å². The maximum absolute atomic E-state index is 13.0. The molecule has 0 saturated carbocycles. The fourth-order valence-electron chi connectivity index (χ4n) is 3.64. The van der Waals surface area contributed by atoms with Crippen LogP contribution in [0.1, 0.15) is 27.7 Å². The second-order valence-corrected chi connectivity index (χ2v) is 11.2. The Morgan fingerprint density at radius 2 is 1.29 bits per heavy atom. The molecule has 1 aromatic rings. The van der Waals surface area contributed by atoms with Crippen molar-refractivity contribution >= 4 is 26.0 Å². The third kappa shape index (κ3) is 5.83. The zero-order valence-electron chi connectivity index (χ0n) is 18.8. The minimum Gasteiger partial charge on any atom is -0.342 e. The molecule has 2 rings (SSSR count). The summed E-state index contributed by atoms with van der Waals surface area (Å²) in [5.41, 5.74) is 0. The van der Waals surface area contributed by atoms with Crippen LogP contribution in [0, 0.1) is 0 Å². The number of likely N-dealkylation sites (N-methyl/N-ethyl adjacent to an activating group) is 1. The Kier molecular flexibility index (Phi) is 9.02. The van der Waals surface area contributed by atoms with Crippen LogP contribution < -0.4 is 0 Å². The lowest BCUT2D eigenvalue weighted by atomic mass is 10.3. The van der Waals surface area contributed by atoms with E-state index in [9.17, 15) is 21.6 Å². The monoisotopic (exact) mass is 474 g/mol. The molecule has 0 bridgehead atoms. The average molecular weight is 475 g/mol. The summed E-state index contributed by atoms with van der Waals surface area (Å²) in [5, 5.41) is 0. The van der Waals surface area contributed by atoms with Crippen molar-refractivity contribution in [2.24, 2.45) is 0 Å². The van der Waals surface area contributed by atoms with Crippen molar-refractivity contribution in [2.45, 2.75) is 37.5 Å². The lowest BCUT2D eigenvalue weighted by Gasteiger charge is -2.34. The summed E-state index contributed by atoms with van der Waals surface area (Å²) >= 11 is 0. The van der Waals surface area contributed by atoms with Gasteiger partial charge >= 0.3 is 0 Å². The Balaban J connectivity index is 2.06. The Morgan fingerprint density at radius 3 is 1.74 bits per heavy atom. The van der Waals surface area contributed by atoms with Crippen LogP contribution in [0.5, 0.6) is 0 Å². The second-order valence-electron chi connectivity index (χ2n) is 7.31. The van der Waals surface area contributed by atoms with Gasteiger partial charge in [-0.25, -0.2) is 16.8 Å². The molecule has 1 aliphatic heterocycles. The Labute approximate surface area is 186 Å². The highest BCUT2D eigenvalue weighted by atomic mass is 32.2. The molecule has 0 atom stereocenters. The molecule has 0 unspecified atom stereocenters. The van der Waals surface area contributed by atoms with E-state index in [-0.39, 0.29) is 35.3 Å². The van der Waals surface area contributed by atoms with E-state index >= 15 is 0 Å². The van der Waals surface area contributed by atoms with Crippen molar-refractivity contribution < 1.29 is 21.6 Å². The van der Waals surface area contributed by atoms with Gasteiger partial charge in [-0.15, -0.1) is 0 Å². The van der Waals surface area contributed by atoms with Crippen LogP contribution in [0.25, 0.3) is 0 Å². The van der Waals surface area contributed by atoms with Crippen molar-refractivity contribution in [3.05, 3.63) is 24.3 Å². The lowest BCUT2D eigenvalue weighted by molar-refractivity contribution is -0.132. The number of hydrogen-bond donors (Lipinski definition) is 0. The summed E-state index contributed by atoms with van der Waals surface area (Å²) in [7, 11) is -7.37. The molecular weight excluding hydrogens is 440 g/mol. The van der Waals surface area contributed by atoms with E-state index in [0.717, 1.165) is 0 Å². The summed E-state index contributed by atoms with van der Waals surface area (Å²) in [5.74, 6) is 0.0475. The molecule has 0 N–H and O–H groups in total. The molecule has 1 saturated heterocycles. The molecule has 1 aliphatic rings. The van der Waals surface area contributed by atoms with Gasteiger partial charge in [-0.2, -0.15) is 8.61 Å². The Hall–Kier alpha value is -1.53. The molecule has 1 heterocycles. The largest absolute Gasteiger partial charge is 0.342 e. The van der Waals surface area contributed by atoms with Gasteiger partial charge < -0.3 is 4.90 Å². The molecule has 1 amide bonds. The van der Waals surface area contributed by atoms with E-state index in [4.69, 9.17) is 0 Å². The number of sulfonamides is 2. The number of rotatable bonds is 10. The van der Waals surface area contributed by atoms with Crippen LogP contribution in [0.15, 0.2) is 34.1 Å². The van der Waals surface area contributed by atoms with Gasteiger partial charge in [-0.3, -0.25) is 9.69 Å². The van der Waals surface area contributed by atoms with E-state index in [2.05, 4.69) is 0 Å². The van der Waals surface area contributed by atoms with Crippen LogP contribution in [0.4, 0.5) is 0 Å². The highest BCUT2D eigenvalue weighted by Crippen LogP contribution is 2.22. The molecule has 1 fully saturated rings. The van der Waals surface area contributed by atoms with E-state index in [1.165, 1.54) is 32.9 Å². The molecule has 0 radical (unpaired) electrons. The van der Waals surface area contributed by atoms with Crippen LogP contribution in [0.3, 0.4) is 0 Å². The highest BCUT2D eigenvalue weighted by molar-refractivity contribution is 7.89. The van der Waals surface area contributed by atoms with Gasteiger partial charge in [0.15, 0.2) is 0 Å². The van der Waals surface area contributed by atoms with Crippen LogP contribution in [-0.4, -0.2) is 100 Å². The number of benzene rings is 1. The van der Waals surface area contributed by atoms with Gasteiger partial charge in [0.2, 0.25) is 26.0 Å². The first kappa shape index (κ1) is 25.7. The molecule has 176 valence electrons. The quantitative estimate of drug-likeness (QED) is 0.500. The Bertz CT molecular complexity index is 932. The van der Waals surface area contributed by atoms with Gasteiger partial charge in [0, 0.05) is 52.4 Å². The average Bonchev–Trinajstić information content (AvgIpc) is 2.75. The third-order valence-corrected chi connectivity index (χ3v) is 9.59. The molecule has 11 heteroatoms. The summed E-state index contributed by atoms with van der Waals surface area (Å²) in [6, 6.07) is 5.39. The van der Waals surface area contributed by atoms with Crippen molar-refractivity contribution in [2.75, 3.05) is 58.9 Å². The molecular formula is C20H34N4O5S2. The smallest absolute Gasteiger partial charge is 0.243 e. The zero-order valence-corrected chi connectivity index (χ0v) is 20.5. The number of nitrogens with zero attached hydrogens (tertiary/aromatic N) is 4. The minimum atomic E-state index is -3.73. The van der Waals surface area contributed by atoms with Gasteiger partial charge in [0.05, 0.1) is 16.3 Å². The van der Waals surface area contributed by atoms with Crippen LogP contribution >= 0.6 is 0 Å². The predicted octanol–water partition coefficient (Wildman–Crippen LogP) is 0.892. The standard InChI is InChI=1S/C20H34N4O5S2/c1-5-22(6-2)20(25)17-21-13-15-24(16-14-21)31(28,29)19-11-9-18(10-12-19)30(26,27)23(7-3)8-4/h9-12H,5-8,13-17H2,1-4H3. The Morgan fingerprint density at radius 1 is 0.806 bits per heavy atom. The second kappa shape index (κ2) is 10.9. The number of piperazine rings is 1. The van der Waals surface area contributed by atoms with Crippen molar-refractivity contribution in [1.82, 2.24) is 18.4 Å². The summed E-state index contributed by atoms with van der Waals surface area (Å²) in [4.78, 5) is 16.1. The first-order valence-electron chi connectivity index (χ1n) is 10.7. The molecule has 0 aliphatic carbocycles. The predicted molar refractivity (Wildman–Crippen MR) is 120 cm³/mol. The molecule has 31 heavy (non-hydrogen) atoms. The molecule has 0 aromatic heterocycles. The SMILES string of the molecule is CCN(CC)C(=O)CN1CCN(S(=O)(=O)c2ccc(S(=O)(=O)N(CC)CC)cc2)CC1. The first-order chi connectivity index (χ1) is 14.6. The van der Waals surface area contributed by atoms with Gasteiger partial charge in [0.1, 0.15) is 0 Å². The minimum absolute atomic E-state index is 0.0475. The number of hydrogen-bond acceptors (Lipinski definition) is 6. The normalized spacial score (nSPS) is 16.5. The molecule has 1 aromatic carbocycles. The maximum atomic E-state index is 13.0. The highest BCUT2D eigenvalue weighted by Gasteiger charge is 2.30. The summed E-state index contributed by atoms with van der Waals surface area (Å²) in [6.07, 6.45) is 0. The number of amides is 1. The van der Waals surface area contributed by atoms with E-state index in [1.807, 2.05) is 18.7 Å². The van der Waals surface area contributed by atoms with E-state index in [0.29, 0.717) is 39.3 Å². The van der Waals surface area contributed by atoms with Crippen molar-refractivity contribution in [1.29, 1.82) is 0 Å². The number of carbonyl (C=O) groups excluding carboxylic acids is 1. The van der Waals surface area contributed by atoms with Crippen LogP contribution in [-0.2, 0) is 24.8 Å². The maximum Gasteiger partial charge on any atom is 0.243 e. The summed E-state index contributed by atoms with van der Waals surface area (Å²) < 4.78 is 53.9. The molecule has 9 nitrogen and oxygen atoms in total. The van der Waals surface area contributed by atoms with Gasteiger partial charge in [0.25, 0.3) is 0 Å². The third-order valence-electron chi connectivity index (χ3n) is 5.61.